The molecule has 2 N–H and O–H groups in total. The van der Waals surface area contributed by atoms with Gasteiger partial charge in [0.2, 0.25) is 0 Å². The van der Waals surface area contributed by atoms with Crippen molar-refractivity contribution in [1.82, 2.24) is 19.8 Å². The monoisotopic (exact) mass is 296 g/mol. The molecule has 0 amide bonds. The van der Waals surface area contributed by atoms with E-state index < -0.39 is 23.4 Å². The molecular formula is C12H7F3N4O2. The molecule has 0 aliphatic rings. The van der Waals surface area contributed by atoms with Crippen molar-refractivity contribution < 1.29 is 23.1 Å². The number of alkyl halides is 3. The van der Waals surface area contributed by atoms with E-state index >= 15 is 0 Å². The summed E-state index contributed by atoms with van der Waals surface area (Å²) in [6, 6.07) is 4.59. The van der Waals surface area contributed by atoms with Crippen LogP contribution in [0.5, 0.6) is 0 Å². The summed E-state index contributed by atoms with van der Waals surface area (Å²) in [7, 11) is 0. The Morgan fingerprint density at radius 3 is 2.76 bits per heavy atom. The van der Waals surface area contributed by atoms with E-state index in [0.29, 0.717) is 5.52 Å². The molecule has 0 saturated heterocycles. The Morgan fingerprint density at radius 2 is 2.10 bits per heavy atom. The molecule has 3 heterocycles. The number of aromatic nitrogens is 4. The molecule has 0 aliphatic heterocycles. The van der Waals surface area contributed by atoms with Gasteiger partial charge in [-0.3, -0.25) is 5.10 Å². The molecule has 0 fully saturated rings. The van der Waals surface area contributed by atoms with Gasteiger partial charge in [-0.15, -0.1) is 0 Å². The number of halogens is 3. The number of aromatic amines is 1. The highest BCUT2D eigenvalue weighted by molar-refractivity contribution is 5.98. The van der Waals surface area contributed by atoms with Crippen molar-refractivity contribution in [2.24, 2.45) is 0 Å². The number of carboxylic acid groups (broad SMARTS) is 1. The standard InChI is InChI=1S/C12H7F3N4O2/c13-12(14,15)10-8(11(20)21)9(17-18-10)6-2-1-5-19-7(6)3-4-16-19/h1-5H,(H,17,18)(H,20,21). The second-order valence-corrected chi connectivity index (χ2v) is 4.21. The van der Waals surface area contributed by atoms with Gasteiger partial charge in [-0.2, -0.15) is 23.4 Å². The summed E-state index contributed by atoms with van der Waals surface area (Å²) in [6.45, 7) is 0. The number of nitrogens with one attached hydrogen (secondary N) is 1. The van der Waals surface area contributed by atoms with Crippen molar-refractivity contribution in [3.63, 3.8) is 0 Å². The lowest BCUT2D eigenvalue weighted by Gasteiger charge is -2.06. The van der Waals surface area contributed by atoms with E-state index in [4.69, 9.17) is 5.11 Å². The zero-order valence-electron chi connectivity index (χ0n) is 10.2. The minimum atomic E-state index is -4.83. The van der Waals surface area contributed by atoms with E-state index in [0.717, 1.165) is 0 Å². The molecule has 0 aliphatic carbocycles. The van der Waals surface area contributed by atoms with E-state index in [1.807, 2.05) is 0 Å². The molecule has 0 unspecified atom stereocenters. The van der Waals surface area contributed by atoms with Crippen LogP contribution in [0.3, 0.4) is 0 Å². The van der Waals surface area contributed by atoms with Gasteiger partial charge in [0.1, 0.15) is 11.3 Å². The van der Waals surface area contributed by atoms with Gasteiger partial charge in [-0.1, -0.05) is 0 Å². The highest BCUT2D eigenvalue weighted by atomic mass is 19.4. The fourth-order valence-electron chi connectivity index (χ4n) is 2.10. The van der Waals surface area contributed by atoms with E-state index in [2.05, 4.69) is 10.2 Å². The second kappa shape index (κ2) is 4.33. The van der Waals surface area contributed by atoms with Crippen LogP contribution in [0, 0.1) is 0 Å². The molecule has 3 rings (SSSR count). The number of nitrogens with zero attached hydrogens (tertiary/aromatic N) is 3. The highest BCUT2D eigenvalue weighted by Crippen LogP contribution is 2.36. The maximum atomic E-state index is 12.8. The Morgan fingerprint density at radius 1 is 1.33 bits per heavy atom. The zero-order chi connectivity index (χ0) is 15.2. The quantitative estimate of drug-likeness (QED) is 0.761. The van der Waals surface area contributed by atoms with Crippen molar-refractivity contribution in [1.29, 1.82) is 0 Å². The van der Waals surface area contributed by atoms with Gasteiger partial charge in [0, 0.05) is 11.8 Å². The van der Waals surface area contributed by atoms with E-state index in [9.17, 15) is 18.0 Å². The Bertz CT molecular complexity index is 835. The number of pyridine rings is 1. The van der Waals surface area contributed by atoms with Crippen LogP contribution in [0.4, 0.5) is 13.2 Å². The van der Waals surface area contributed by atoms with Gasteiger partial charge in [0.05, 0.1) is 11.7 Å². The number of rotatable bonds is 2. The van der Waals surface area contributed by atoms with Gasteiger partial charge in [0.15, 0.2) is 5.69 Å². The van der Waals surface area contributed by atoms with Gasteiger partial charge in [-0.25, -0.2) is 9.31 Å². The summed E-state index contributed by atoms with van der Waals surface area (Å²) < 4.78 is 39.9. The molecule has 6 nitrogen and oxygen atoms in total. The predicted molar refractivity (Wildman–Crippen MR) is 64.7 cm³/mol. The van der Waals surface area contributed by atoms with Crippen LogP contribution in [-0.2, 0) is 6.18 Å². The first-order valence-electron chi connectivity index (χ1n) is 5.71. The number of carboxylic acids is 1. The van der Waals surface area contributed by atoms with Crippen LogP contribution >= 0.6 is 0 Å². The number of H-pyrrole nitrogens is 1. The van der Waals surface area contributed by atoms with Crippen molar-refractivity contribution in [2.75, 3.05) is 0 Å². The first kappa shape index (κ1) is 13.2. The van der Waals surface area contributed by atoms with Crippen molar-refractivity contribution in [2.45, 2.75) is 6.18 Å². The van der Waals surface area contributed by atoms with Gasteiger partial charge >= 0.3 is 12.1 Å². The van der Waals surface area contributed by atoms with Crippen LogP contribution in [-0.4, -0.2) is 30.9 Å². The van der Waals surface area contributed by atoms with Crippen LogP contribution in [0.1, 0.15) is 16.1 Å². The molecule has 3 aromatic rings. The van der Waals surface area contributed by atoms with E-state index in [-0.39, 0.29) is 11.3 Å². The topological polar surface area (TPSA) is 83.3 Å². The SMILES string of the molecule is O=C(O)c1c(-c2cccn3nccc23)n[nH]c1C(F)(F)F. The average Bonchev–Trinajstić information content (AvgIpc) is 3.03. The molecule has 0 atom stereocenters. The molecule has 9 heteroatoms. The molecule has 0 spiro atoms. The average molecular weight is 296 g/mol. The first-order chi connectivity index (χ1) is 9.89. The third-order valence-electron chi connectivity index (χ3n) is 2.96. The summed E-state index contributed by atoms with van der Waals surface area (Å²) in [6.07, 6.45) is -1.78. The molecular weight excluding hydrogens is 289 g/mol. The maximum absolute atomic E-state index is 12.8. The lowest BCUT2D eigenvalue weighted by Crippen LogP contribution is -2.12. The number of hydrogen-bond donors (Lipinski definition) is 2. The summed E-state index contributed by atoms with van der Waals surface area (Å²) in [5, 5.41) is 18.3. The first-order valence-corrected chi connectivity index (χ1v) is 5.71. The van der Waals surface area contributed by atoms with Gasteiger partial charge < -0.3 is 5.11 Å². The Hall–Kier alpha value is -2.84. The molecule has 0 aromatic carbocycles. The molecule has 3 aromatic heterocycles. The fraction of sp³-hybridized carbons (Fsp3) is 0.0833. The van der Waals surface area contributed by atoms with Crippen LogP contribution in [0.15, 0.2) is 30.6 Å². The van der Waals surface area contributed by atoms with Crippen LogP contribution in [0.25, 0.3) is 16.8 Å². The predicted octanol–water partition coefficient (Wildman–Crippen LogP) is 2.44. The normalized spacial score (nSPS) is 12.0. The number of carbonyl (C=O) groups is 1. The Labute approximate surface area is 114 Å². The lowest BCUT2D eigenvalue weighted by molar-refractivity contribution is -0.141. The third kappa shape index (κ3) is 2.02. The summed E-state index contributed by atoms with van der Waals surface area (Å²) >= 11 is 0. The largest absolute Gasteiger partial charge is 0.478 e. The molecule has 21 heavy (non-hydrogen) atoms. The Kier molecular flexibility index (Phi) is 2.71. The van der Waals surface area contributed by atoms with Gasteiger partial charge in [-0.05, 0) is 18.2 Å². The van der Waals surface area contributed by atoms with Gasteiger partial charge in [0.25, 0.3) is 0 Å². The summed E-state index contributed by atoms with van der Waals surface area (Å²) in [5.41, 5.74) is -1.86. The van der Waals surface area contributed by atoms with Crippen molar-refractivity contribution >= 4 is 11.5 Å². The summed E-state index contributed by atoms with van der Waals surface area (Å²) in [4.78, 5) is 11.2. The van der Waals surface area contributed by atoms with Crippen molar-refractivity contribution in [3.05, 3.63) is 41.9 Å². The van der Waals surface area contributed by atoms with Crippen LogP contribution in [0.2, 0.25) is 0 Å². The smallest absolute Gasteiger partial charge is 0.433 e. The number of hydrogen-bond acceptors (Lipinski definition) is 3. The third-order valence-corrected chi connectivity index (χ3v) is 2.96. The van der Waals surface area contributed by atoms with E-state index in [1.165, 1.54) is 16.8 Å². The Balaban J connectivity index is 2.31. The number of fused-ring (bicyclic) bond motifs is 1. The lowest BCUT2D eigenvalue weighted by atomic mass is 10.1. The molecule has 0 bridgehead atoms. The maximum Gasteiger partial charge on any atom is 0.433 e. The van der Waals surface area contributed by atoms with E-state index in [1.54, 1.807) is 23.4 Å². The summed E-state index contributed by atoms with van der Waals surface area (Å²) in [5.74, 6) is -1.70. The fourth-order valence-corrected chi connectivity index (χ4v) is 2.10. The molecule has 0 saturated carbocycles. The molecule has 108 valence electrons. The highest BCUT2D eigenvalue weighted by Gasteiger charge is 2.40. The second-order valence-electron chi connectivity index (χ2n) is 4.21. The number of aromatic carboxylic acids is 1. The zero-order valence-corrected chi connectivity index (χ0v) is 10.2. The minimum Gasteiger partial charge on any atom is -0.478 e. The molecule has 0 radical (unpaired) electrons. The minimum absolute atomic E-state index is 0.249. The van der Waals surface area contributed by atoms with Crippen LogP contribution < -0.4 is 0 Å². The van der Waals surface area contributed by atoms with Crippen molar-refractivity contribution in [3.8, 4) is 11.3 Å².